The highest BCUT2D eigenvalue weighted by Gasteiger charge is 2.40. The van der Waals surface area contributed by atoms with Gasteiger partial charge in [0.2, 0.25) is 13.4 Å². The molecule has 0 nitrogen and oxygen atoms in total. The number of aryl methyl sites for hydroxylation is 2. The SMILES string of the molecule is Cc1ccc(B2c3cc4c(cc3-c3cc5cc6ccccc6cc5cc32)B(c2ccc(C)cc2)c2cc3cc5ccccc5cc3cc2-4)cc1. The maximum absolute atomic E-state index is 2.57. The number of fused-ring (bicyclic) bond motifs is 10. The molecule has 0 spiro atoms. The summed E-state index contributed by atoms with van der Waals surface area (Å²) < 4.78 is 0. The maximum atomic E-state index is 2.57. The van der Waals surface area contributed by atoms with E-state index in [0.717, 1.165) is 0 Å². The first-order valence-electron chi connectivity index (χ1n) is 17.8. The van der Waals surface area contributed by atoms with E-state index in [1.807, 2.05) is 0 Å². The predicted molar refractivity (Wildman–Crippen MR) is 219 cm³/mol. The number of benzene rings is 9. The third-order valence-corrected chi connectivity index (χ3v) is 11.6. The van der Waals surface area contributed by atoms with Gasteiger partial charge in [0.25, 0.3) is 0 Å². The summed E-state index contributed by atoms with van der Waals surface area (Å²) in [6, 6.07) is 60.5. The fraction of sp³-hybridized carbons (Fsp3) is 0.0417. The average Bonchev–Trinajstić information content (AvgIpc) is 3.61. The van der Waals surface area contributed by atoms with Crippen molar-refractivity contribution in [1.29, 1.82) is 0 Å². The van der Waals surface area contributed by atoms with Crippen LogP contribution in [-0.2, 0) is 0 Å². The Hall–Kier alpha value is -5.85. The molecule has 0 atom stereocenters. The fourth-order valence-corrected chi connectivity index (χ4v) is 9.11. The Morgan fingerprint density at radius 2 is 0.580 bits per heavy atom. The quantitative estimate of drug-likeness (QED) is 0.135. The van der Waals surface area contributed by atoms with E-state index in [9.17, 15) is 0 Å². The van der Waals surface area contributed by atoms with E-state index in [4.69, 9.17) is 0 Å². The summed E-state index contributed by atoms with van der Waals surface area (Å²) in [6.45, 7) is 4.71. The molecular formula is C48H32B2. The van der Waals surface area contributed by atoms with Gasteiger partial charge in [-0.25, -0.2) is 0 Å². The van der Waals surface area contributed by atoms with Crippen LogP contribution in [0.4, 0.5) is 0 Å². The highest BCUT2D eigenvalue weighted by molar-refractivity contribution is 7.01. The van der Waals surface area contributed by atoms with E-state index in [-0.39, 0.29) is 13.4 Å². The molecule has 9 aromatic rings. The van der Waals surface area contributed by atoms with Crippen molar-refractivity contribution in [3.8, 4) is 22.3 Å². The first kappa shape index (κ1) is 28.0. The van der Waals surface area contributed by atoms with E-state index < -0.39 is 0 Å². The summed E-state index contributed by atoms with van der Waals surface area (Å²) >= 11 is 0. The molecule has 2 aliphatic rings. The largest absolute Gasteiger partial charge is 0.242 e. The molecule has 0 bridgehead atoms. The van der Waals surface area contributed by atoms with Crippen LogP contribution >= 0.6 is 0 Å². The van der Waals surface area contributed by atoms with E-state index in [1.165, 1.54) is 109 Å². The van der Waals surface area contributed by atoms with Crippen LogP contribution in [0, 0.1) is 13.8 Å². The van der Waals surface area contributed by atoms with Gasteiger partial charge in [0.05, 0.1) is 0 Å². The molecule has 0 N–H and O–H groups in total. The van der Waals surface area contributed by atoms with E-state index in [0.29, 0.717) is 0 Å². The lowest BCUT2D eigenvalue weighted by Gasteiger charge is -2.15. The zero-order valence-corrected chi connectivity index (χ0v) is 28.2. The summed E-state index contributed by atoms with van der Waals surface area (Å²) in [7, 11) is 0. The van der Waals surface area contributed by atoms with Gasteiger partial charge < -0.3 is 0 Å². The van der Waals surface area contributed by atoms with Crippen molar-refractivity contribution in [2.24, 2.45) is 0 Å². The first-order valence-corrected chi connectivity index (χ1v) is 17.8. The van der Waals surface area contributed by atoms with Crippen LogP contribution in [0.2, 0.25) is 0 Å². The van der Waals surface area contributed by atoms with Gasteiger partial charge in [0.1, 0.15) is 0 Å². The topological polar surface area (TPSA) is 0 Å². The van der Waals surface area contributed by atoms with E-state index in [1.54, 1.807) is 0 Å². The van der Waals surface area contributed by atoms with Gasteiger partial charge in [-0.05, 0) is 116 Å². The molecule has 0 saturated carbocycles. The second-order valence-corrected chi connectivity index (χ2v) is 14.7. The van der Waals surface area contributed by atoms with Crippen molar-refractivity contribution in [3.63, 3.8) is 0 Å². The van der Waals surface area contributed by atoms with Crippen LogP contribution in [0.3, 0.4) is 0 Å². The molecule has 0 amide bonds. The molecule has 2 heterocycles. The molecule has 2 aliphatic heterocycles. The minimum atomic E-state index is 0.174. The smallest absolute Gasteiger partial charge is 0.0686 e. The van der Waals surface area contributed by atoms with Crippen LogP contribution in [0.15, 0.2) is 158 Å². The van der Waals surface area contributed by atoms with Crippen molar-refractivity contribution >= 4 is 89.3 Å². The molecule has 0 aliphatic carbocycles. The number of hydrogen-bond acceptors (Lipinski definition) is 0. The van der Waals surface area contributed by atoms with Crippen LogP contribution in [0.5, 0.6) is 0 Å². The zero-order chi connectivity index (χ0) is 33.1. The summed E-state index contributed by atoms with van der Waals surface area (Å²) in [5, 5.41) is 10.4. The Bertz CT molecular complexity index is 2680. The Kier molecular flexibility index (Phi) is 5.79. The number of rotatable bonds is 2. The van der Waals surface area contributed by atoms with Crippen LogP contribution in [-0.4, -0.2) is 13.4 Å². The van der Waals surface area contributed by atoms with E-state index >= 15 is 0 Å². The Morgan fingerprint density at radius 1 is 0.280 bits per heavy atom. The molecule has 0 unspecified atom stereocenters. The molecule has 0 fully saturated rings. The molecular weight excluding hydrogens is 598 g/mol. The lowest BCUT2D eigenvalue weighted by Crippen LogP contribution is -2.50. The van der Waals surface area contributed by atoms with Gasteiger partial charge in [0, 0.05) is 0 Å². The van der Waals surface area contributed by atoms with Gasteiger partial charge in [0.15, 0.2) is 0 Å². The van der Waals surface area contributed by atoms with Crippen LogP contribution in [0.25, 0.3) is 65.3 Å². The third-order valence-electron chi connectivity index (χ3n) is 11.6. The van der Waals surface area contributed by atoms with Gasteiger partial charge in [-0.15, -0.1) is 0 Å². The summed E-state index contributed by atoms with van der Waals surface area (Å²) in [5.41, 5.74) is 16.4. The molecule has 0 saturated heterocycles. The van der Waals surface area contributed by atoms with E-state index in [2.05, 4.69) is 172 Å². The molecule has 230 valence electrons. The van der Waals surface area contributed by atoms with Gasteiger partial charge in [-0.3, -0.25) is 0 Å². The summed E-state index contributed by atoms with van der Waals surface area (Å²) in [4.78, 5) is 0. The first-order chi connectivity index (χ1) is 24.6. The molecule has 0 radical (unpaired) electrons. The minimum Gasteiger partial charge on any atom is -0.0686 e. The van der Waals surface area contributed by atoms with Crippen molar-refractivity contribution in [2.45, 2.75) is 13.8 Å². The van der Waals surface area contributed by atoms with Crippen LogP contribution in [0.1, 0.15) is 11.1 Å². The Balaban J connectivity index is 1.20. The lowest BCUT2D eigenvalue weighted by atomic mass is 9.37. The maximum Gasteiger partial charge on any atom is 0.242 e. The zero-order valence-electron chi connectivity index (χ0n) is 28.2. The Labute approximate surface area is 293 Å². The van der Waals surface area contributed by atoms with Crippen LogP contribution < -0.4 is 32.8 Å². The summed E-state index contributed by atoms with van der Waals surface area (Å²) in [5.74, 6) is 0. The van der Waals surface area contributed by atoms with Gasteiger partial charge in [-0.2, -0.15) is 0 Å². The normalized spacial score (nSPS) is 12.9. The lowest BCUT2D eigenvalue weighted by molar-refractivity contribution is 1.49. The Morgan fingerprint density at radius 3 is 0.940 bits per heavy atom. The highest BCUT2D eigenvalue weighted by Crippen LogP contribution is 2.35. The fourth-order valence-electron chi connectivity index (χ4n) is 9.11. The van der Waals surface area contributed by atoms with Gasteiger partial charge in [-0.1, -0.05) is 165 Å². The number of hydrogen-bond donors (Lipinski definition) is 0. The van der Waals surface area contributed by atoms with Crippen molar-refractivity contribution < 1.29 is 0 Å². The molecule has 9 aromatic carbocycles. The molecule has 0 aromatic heterocycles. The molecule has 11 rings (SSSR count). The predicted octanol–water partition coefficient (Wildman–Crippen LogP) is 7.91. The molecule has 2 heteroatoms. The standard InChI is InChI=1S/C48H32B2/c1-29-11-15-39(16-12-29)49-45-25-37-21-33-9-5-3-7-31(33)19-35(37)23-41(45)43-28-48-44(27-47(43)49)42-24-36-20-32-8-4-6-10-34(32)22-38(36)26-46(42)50(48)40-17-13-30(2)14-18-40/h3-28H,1-2H3. The second kappa shape index (κ2) is 10.3. The van der Waals surface area contributed by atoms with Gasteiger partial charge >= 0.3 is 0 Å². The van der Waals surface area contributed by atoms with Crippen molar-refractivity contribution in [3.05, 3.63) is 169 Å². The second-order valence-electron chi connectivity index (χ2n) is 14.7. The molecule has 50 heavy (non-hydrogen) atoms. The third kappa shape index (κ3) is 4.09. The average molecular weight is 630 g/mol. The highest BCUT2D eigenvalue weighted by atomic mass is 14.3. The van der Waals surface area contributed by atoms with Crippen molar-refractivity contribution in [1.82, 2.24) is 0 Å². The summed E-state index contributed by atoms with van der Waals surface area (Å²) in [6.07, 6.45) is 0. The monoisotopic (exact) mass is 630 g/mol. The minimum absolute atomic E-state index is 0.174. The van der Waals surface area contributed by atoms with Crippen molar-refractivity contribution in [2.75, 3.05) is 0 Å².